The summed E-state index contributed by atoms with van der Waals surface area (Å²) in [5.41, 5.74) is 0.598. The molecule has 4 nitrogen and oxygen atoms in total. The number of methoxy groups -OCH3 is 1. The van der Waals surface area contributed by atoms with E-state index in [2.05, 4.69) is 0 Å². The van der Waals surface area contributed by atoms with Crippen LogP contribution in [-0.4, -0.2) is 33.5 Å². The quantitative estimate of drug-likeness (QED) is 0.865. The van der Waals surface area contributed by atoms with Crippen LogP contribution >= 0.6 is 0 Å². The zero-order valence-electron chi connectivity index (χ0n) is 9.73. The van der Waals surface area contributed by atoms with E-state index in [1.165, 1.54) is 13.2 Å². The lowest BCUT2D eigenvalue weighted by Crippen LogP contribution is -2.05. The minimum Gasteiger partial charge on any atom is -0.495 e. The van der Waals surface area contributed by atoms with E-state index < -0.39 is 20.5 Å². The molecule has 0 spiro atoms. The lowest BCUT2D eigenvalue weighted by atomic mass is 10.1. The van der Waals surface area contributed by atoms with Crippen LogP contribution < -0.4 is 4.74 Å². The first-order chi connectivity index (χ1) is 7.90. The van der Waals surface area contributed by atoms with Crippen molar-refractivity contribution in [2.75, 3.05) is 20.0 Å². The van der Waals surface area contributed by atoms with E-state index in [-0.39, 0.29) is 12.4 Å². The van der Waals surface area contributed by atoms with Gasteiger partial charge in [-0.1, -0.05) is 0 Å². The summed E-state index contributed by atoms with van der Waals surface area (Å²) in [5.74, 6) is -0.819. The maximum absolute atomic E-state index is 13.7. The molecule has 0 aliphatic carbocycles. The second-order valence-corrected chi connectivity index (χ2v) is 5.66. The number of sulfone groups is 1. The minimum atomic E-state index is -3.66. The van der Waals surface area contributed by atoms with Crippen molar-refractivity contribution >= 4 is 9.84 Å². The third kappa shape index (κ3) is 3.41. The molecule has 17 heavy (non-hydrogen) atoms. The van der Waals surface area contributed by atoms with Crippen LogP contribution in [-0.2, 0) is 16.3 Å². The van der Waals surface area contributed by atoms with Gasteiger partial charge in [0.2, 0.25) is 0 Å². The maximum atomic E-state index is 13.7. The number of hydrogen-bond acceptors (Lipinski definition) is 4. The topological polar surface area (TPSA) is 63.6 Å². The lowest BCUT2D eigenvalue weighted by Gasteiger charge is -2.10. The molecule has 0 amide bonds. The fraction of sp³-hybridized carbons (Fsp3) is 0.455. The maximum Gasteiger partial charge on any atom is 0.182 e. The highest BCUT2D eigenvalue weighted by atomic mass is 32.2. The summed E-state index contributed by atoms with van der Waals surface area (Å²) in [6, 6.07) is 2.64. The van der Waals surface area contributed by atoms with Crippen molar-refractivity contribution in [3.8, 4) is 5.75 Å². The number of halogens is 1. The molecule has 0 fully saturated rings. The second kappa shape index (κ2) is 5.46. The Morgan fingerprint density at radius 2 is 2.06 bits per heavy atom. The number of ether oxygens (including phenoxy) is 1. The van der Waals surface area contributed by atoms with Crippen LogP contribution in [0.25, 0.3) is 0 Å². The van der Waals surface area contributed by atoms with E-state index in [9.17, 15) is 12.8 Å². The van der Waals surface area contributed by atoms with E-state index in [0.717, 1.165) is 12.3 Å². The van der Waals surface area contributed by atoms with Crippen LogP contribution in [0, 0.1) is 5.82 Å². The molecule has 0 saturated carbocycles. The predicted molar refractivity (Wildman–Crippen MR) is 61.5 cm³/mol. The van der Waals surface area contributed by atoms with Crippen molar-refractivity contribution in [2.45, 2.75) is 17.7 Å². The van der Waals surface area contributed by atoms with E-state index in [1.54, 1.807) is 0 Å². The Hall–Kier alpha value is -1.14. The fourth-order valence-corrected chi connectivity index (χ4v) is 2.48. The van der Waals surface area contributed by atoms with Crippen LogP contribution in [0.3, 0.4) is 0 Å². The summed E-state index contributed by atoms with van der Waals surface area (Å²) in [7, 11) is -2.37. The van der Waals surface area contributed by atoms with Gasteiger partial charge in [0.15, 0.2) is 9.84 Å². The molecule has 1 N–H and O–H groups in total. The molecular weight excluding hydrogens is 247 g/mol. The Morgan fingerprint density at radius 1 is 1.41 bits per heavy atom. The van der Waals surface area contributed by atoms with E-state index in [0.29, 0.717) is 18.4 Å². The molecule has 1 aromatic rings. The van der Waals surface area contributed by atoms with Gasteiger partial charge in [0.25, 0.3) is 0 Å². The van der Waals surface area contributed by atoms with E-state index in [1.807, 2.05) is 0 Å². The average Bonchev–Trinajstić information content (AvgIpc) is 2.23. The lowest BCUT2D eigenvalue weighted by molar-refractivity contribution is 0.288. The Bertz CT molecular complexity index is 496. The highest BCUT2D eigenvalue weighted by Gasteiger charge is 2.20. The molecule has 6 heteroatoms. The second-order valence-electron chi connectivity index (χ2n) is 3.71. The SMILES string of the molecule is COc1cc(CCCO)cc(F)c1S(C)(=O)=O. The zero-order valence-corrected chi connectivity index (χ0v) is 10.6. The number of aliphatic hydroxyl groups excluding tert-OH is 1. The fourth-order valence-electron chi connectivity index (χ4n) is 1.56. The van der Waals surface area contributed by atoms with Gasteiger partial charge in [0.1, 0.15) is 16.5 Å². The van der Waals surface area contributed by atoms with Crippen molar-refractivity contribution in [1.82, 2.24) is 0 Å². The Balaban J connectivity index is 3.26. The minimum absolute atomic E-state index is 0.000407. The molecule has 0 unspecified atom stereocenters. The molecule has 0 saturated heterocycles. The van der Waals surface area contributed by atoms with Crippen molar-refractivity contribution in [2.24, 2.45) is 0 Å². The number of hydrogen-bond donors (Lipinski definition) is 1. The summed E-state index contributed by atoms with van der Waals surface area (Å²) < 4.78 is 41.4. The van der Waals surface area contributed by atoms with Crippen LogP contribution in [0.4, 0.5) is 4.39 Å². The van der Waals surface area contributed by atoms with Crippen LogP contribution in [0.5, 0.6) is 5.75 Å². The smallest absolute Gasteiger partial charge is 0.182 e. The monoisotopic (exact) mass is 262 g/mol. The highest BCUT2D eigenvalue weighted by Crippen LogP contribution is 2.28. The number of benzene rings is 1. The summed E-state index contributed by atoms with van der Waals surface area (Å²) in [5, 5.41) is 8.69. The van der Waals surface area contributed by atoms with Gasteiger partial charge >= 0.3 is 0 Å². The van der Waals surface area contributed by atoms with Crippen molar-refractivity contribution in [3.05, 3.63) is 23.5 Å². The number of aryl methyl sites for hydroxylation is 1. The van der Waals surface area contributed by atoms with Gasteiger partial charge in [-0.25, -0.2) is 12.8 Å². The van der Waals surface area contributed by atoms with Crippen molar-refractivity contribution in [1.29, 1.82) is 0 Å². The summed E-state index contributed by atoms with van der Waals surface area (Å²) in [6.07, 6.45) is 1.88. The van der Waals surface area contributed by atoms with Crippen LogP contribution in [0.1, 0.15) is 12.0 Å². The number of aliphatic hydroxyl groups is 1. The molecule has 0 heterocycles. The first-order valence-corrected chi connectivity index (χ1v) is 6.96. The Morgan fingerprint density at radius 3 is 2.53 bits per heavy atom. The van der Waals surface area contributed by atoms with Crippen molar-refractivity contribution < 1.29 is 22.7 Å². The van der Waals surface area contributed by atoms with Crippen LogP contribution in [0.15, 0.2) is 17.0 Å². The Kier molecular flexibility index (Phi) is 4.47. The van der Waals surface area contributed by atoms with E-state index in [4.69, 9.17) is 9.84 Å². The molecule has 96 valence electrons. The van der Waals surface area contributed by atoms with Gasteiger partial charge in [-0.3, -0.25) is 0 Å². The largest absolute Gasteiger partial charge is 0.495 e. The normalized spacial score (nSPS) is 11.5. The number of rotatable bonds is 5. The molecule has 0 bridgehead atoms. The standard InChI is InChI=1S/C11H15FO4S/c1-16-10-7-8(4-3-5-13)6-9(12)11(10)17(2,14)15/h6-7,13H,3-5H2,1-2H3. The van der Waals surface area contributed by atoms with Gasteiger partial charge in [-0.15, -0.1) is 0 Å². The van der Waals surface area contributed by atoms with Gasteiger partial charge < -0.3 is 9.84 Å². The third-order valence-corrected chi connectivity index (χ3v) is 3.42. The molecule has 0 aromatic heterocycles. The molecule has 0 aliphatic rings. The molecule has 1 rings (SSSR count). The Labute approximate surface area is 100.0 Å². The molecule has 1 aromatic carbocycles. The van der Waals surface area contributed by atoms with Crippen molar-refractivity contribution in [3.63, 3.8) is 0 Å². The van der Waals surface area contributed by atoms with Gasteiger partial charge in [0.05, 0.1) is 7.11 Å². The molecule has 0 radical (unpaired) electrons. The summed E-state index contributed by atoms with van der Waals surface area (Å²) in [4.78, 5) is -0.423. The first kappa shape index (κ1) is 13.9. The zero-order chi connectivity index (χ0) is 13.1. The molecule has 0 atom stereocenters. The summed E-state index contributed by atoms with van der Waals surface area (Å²) >= 11 is 0. The van der Waals surface area contributed by atoms with Crippen LogP contribution in [0.2, 0.25) is 0 Å². The first-order valence-electron chi connectivity index (χ1n) is 5.07. The average molecular weight is 262 g/mol. The highest BCUT2D eigenvalue weighted by molar-refractivity contribution is 7.90. The van der Waals surface area contributed by atoms with Gasteiger partial charge in [0, 0.05) is 12.9 Å². The van der Waals surface area contributed by atoms with Gasteiger partial charge in [-0.05, 0) is 30.5 Å². The predicted octanol–water partition coefficient (Wildman–Crippen LogP) is 1.16. The summed E-state index contributed by atoms with van der Waals surface area (Å²) in [6.45, 7) is -0.00222. The van der Waals surface area contributed by atoms with E-state index >= 15 is 0 Å². The third-order valence-electron chi connectivity index (χ3n) is 2.28. The van der Waals surface area contributed by atoms with Gasteiger partial charge in [-0.2, -0.15) is 0 Å². The molecule has 0 aliphatic heterocycles. The molecular formula is C11H15FO4S.